The van der Waals surface area contributed by atoms with Crippen LogP contribution in [0.2, 0.25) is 18.1 Å². The quantitative estimate of drug-likeness (QED) is 0.701. The van der Waals surface area contributed by atoms with Crippen LogP contribution >= 0.6 is 0 Å². The van der Waals surface area contributed by atoms with Crippen molar-refractivity contribution in [1.29, 1.82) is 0 Å². The second-order valence-corrected chi connectivity index (χ2v) is 11.9. The van der Waals surface area contributed by atoms with Crippen molar-refractivity contribution in [1.82, 2.24) is 0 Å². The Labute approximate surface area is 114 Å². The van der Waals surface area contributed by atoms with Crippen molar-refractivity contribution < 1.29 is 9.22 Å². The van der Waals surface area contributed by atoms with Gasteiger partial charge in [0, 0.05) is 18.4 Å². The van der Waals surface area contributed by atoms with E-state index in [0.29, 0.717) is 18.3 Å². The van der Waals surface area contributed by atoms with Gasteiger partial charge in [-0.15, -0.1) is 0 Å². The van der Waals surface area contributed by atoms with Gasteiger partial charge in [0.05, 0.1) is 0 Å². The Hall–Kier alpha value is -0.153. The Morgan fingerprint density at radius 1 is 1.28 bits per heavy atom. The number of hydrogen-bond donors (Lipinski definition) is 0. The average molecular weight is 270 g/mol. The smallest absolute Gasteiger partial charge is 0.192 e. The molecule has 0 N–H and O–H groups in total. The molecule has 0 bridgehead atoms. The first-order valence-corrected chi connectivity index (χ1v) is 10.3. The van der Waals surface area contributed by atoms with E-state index in [4.69, 9.17) is 4.43 Å². The van der Waals surface area contributed by atoms with Crippen LogP contribution in [0, 0.1) is 5.92 Å². The lowest BCUT2D eigenvalue weighted by molar-refractivity contribution is -0.124. The molecule has 1 aliphatic rings. The molecular formula is C15H30O2Si. The molecule has 2 nitrogen and oxygen atoms in total. The second-order valence-electron chi connectivity index (χ2n) is 7.18. The van der Waals surface area contributed by atoms with Crippen LogP contribution in [0.3, 0.4) is 0 Å². The second kappa shape index (κ2) is 5.87. The maximum absolute atomic E-state index is 11.8. The van der Waals surface area contributed by atoms with Gasteiger partial charge in [0.2, 0.25) is 0 Å². The summed E-state index contributed by atoms with van der Waals surface area (Å²) in [4.78, 5) is 11.8. The van der Waals surface area contributed by atoms with Crippen LogP contribution in [-0.4, -0.2) is 20.2 Å². The van der Waals surface area contributed by atoms with Gasteiger partial charge in [-0.05, 0) is 37.4 Å². The molecule has 2 atom stereocenters. The molecule has 0 aromatic carbocycles. The molecule has 106 valence electrons. The minimum Gasteiger partial charge on any atom is -0.414 e. The molecule has 0 spiro atoms. The predicted octanol–water partition coefficient (Wildman–Crippen LogP) is 4.55. The molecule has 3 heteroatoms. The first kappa shape index (κ1) is 15.9. The fourth-order valence-corrected chi connectivity index (χ4v) is 3.83. The van der Waals surface area contributed by atoms with E-state index in [-0.39, 0.29) is 11.0 Å². The van der Waals surface area contributed by atoms with Crippen LogP contribution in [-0.2, 0) is 9.22 Å². The predicted molar refractivity (Wildman–Crippen MR) is 79.3 cm³/mol. The lowest BCUT2D eigenvalue weighted by Gasteiger charge is -2.41. The zero-order chi connectivity index (χ0) is 14.0. The van der Waals surface area contributed by atoms with Gasteiger partial charge in [-0.3, -0.25) is 4.79 Å². The molecule has 0 radical (unpaired) electrons. The topological polar surface area (TPSA) is 26.3 Å². The van der Waals surface area contributed by atoms with Crippen molar-refractivity contribution in [3.63, 3.8) is 0 Å². The summed E-state index contributed by atoms with van der Waals surface area (Å²) in [6, 6.07) is 0. The van der Waals surface area contributed by atoms with E-state index in [1.807, 2.05) is 6.92 Å². The fraction of sp³-hybridized carbons (Fsp3) is 0.933. The van der Waals surface area contributed by atoms with E-state index in [1.165, 1.54) is 0 Å². The molecule has 1 rings (SSSR count). The fourth-order valence-electron chi connectivity index (χ4n) is 2.43. The highest BCUT2D eigenvalue weighted by atomic mass is 28.4. The van der Waals surface area contributed by atoms with Gasteiger partial charge in [0.25, 0.3) is 0 Å². The summed E-state index contributed by atoms with van der Waals surface area (Å²) in [7, 11) is -1.68. The molecule has 0 unspecified atom stereocenters. The summed E-state index contributed by atoms with van der Waals surface area (Å²) in [5, 5.41) is 0.259. The minimum absolute atomic E-state index is 0.259. The highest BCUT2D eigenvalue weighted by Gasteiger charge is 2.40. The monoisotopic (exact) mass is 270 g/mol. The van der Waals surface area contributed by atoms with Crippen molar-refractivity contribution in [3.8, 4) is 0 Å². The maximum Gasteiger partial charge on any atom is 0.192 e. The number of ketones is 1. The van der Waals surface area contributed by atoms with Crippen molar-refractivity contribution in [2.24, 2.45) is 5.92 Å². The van der Waals surface area contributed by atoms with Gasteiger partial charge in [0.15, 0.2) is 8.32 Å². The molecule has 0 aromatic rings. The van der Waals surface area contributed by atoms with Gasteiger partial charge in [0.1, 0.15) is 5.78 Å². The average Bonchev–Trinajstić information content (AvgIpc) is 2.26. The lowest BCUT2D eigenvalue weighted by Crippen LogP contribution is -2.45. The Morgan fingerprint density at radius 2 is 1.89 bits per heavy atom. The van der Waals surface area contributed by atoms with Gasteiger partial charge in [-0.1, -0.05) is 34.1 Å². The third-order valence-corrected chi connectivity index (χ3v) is 9.23. The normalized spacial score (nSPS) is 26.1. The number of carbonyl (C=O) groups is 1. The van der Waals surface area contributed by atoms with Crippen molar-refractivity contribution in [3.05, 3.63) is 0 Å². The van der Waals surface area contributed by atoms with E-state index in [2.05, 4.69) is 33.9 Å². The molecular weight excluding hydrogens is 240 g/mol. The molecule has 1 fully saturated rings. The lowest BCUT2D eigenvalue weighted by atomic mass is 9.84. The van der Waals surface area contributed by atoms with E-state index < -0.39 is 8.32 Å². The Bertz CT molecular complexity index is 291. The van der Waals surface area contributed by atoms with Crippen LogP contribution in [0.4, 0.5) is 0 Å². The van der Waals surface area contributed by atoms with Crippen LogP contribution in [0.25, 0.3) is 0 Å². The summed E-state index contributed by atoms with van der Waals surface area (Å²) in [5.41, 5.74) is 0. The highest BCUT2D eigenvalue weighted by molar-refractivity contribution is 6.74. The molecule has 1 aliphatic carbocycles. The Morgan fingerprint density at radius 3 is 2.39 bits per heavy atom. The summed E-state index contributed by atoms with van der Waals surface area (Å²) in [6.07, 6.45) is 5.32. The SMILES string of the molecule is CCC(=O)[C@@H]1CCC[C@@H](O[Si](C)(C)C(C)(C)C)C1. The molecule has 18 heavy (non-hydrogen) atoms. The molecule has 0 amide bonds. The van der Waals surface area contributed by atoms with E-state index in [9.17, 15) is 4.79 Å². The van der Waals surface area contributed by atoms with Crippen LogP contribution < -0.4 is 0 Å². The number of Topliss-reactive ketones (excluding diaryl/α,β-unsaturated/α-hetero) is 1. The van der Waals surface area contributed by atoms with Gasteiger partial charge >= 0.3 is 0 Å². The Kier molecular flexibility index (Phi) is 5.19. The minimum atomic E-state index is -1.68. The zero-order valence-electron chi connectivity index (χ0n) is 13.0. The van der Waals surface area contributed by atoms with E-state index in [0.717, 1.165) is 25.7 Å². The maximum atomic E-state index is 11.8. The van der Waals surface area contributed by atoms with E-state index >= 15 is 0 Å². The largest absolute Gasteiger partial charge is 0.414 e. The molecule has 0 aliphatic heterocycles. The van der Waals surface area contributed by atoms with Crippen molar-refractivity contribution >= 4 is 14.1 Å². The molecule has 0 heterocycles. The zero-order valence-corrected chi connectivity index (χ0v) is 14.0. The van der Waals surface area contributed by atoms with Crippen LogP contribution in [0.15, 0.2) is 0 Å². The highest BCUT2D eigenvalue weighted by Crippen LogP contribution is 2.39. The molecule has 1 saturated carbocycles. The first-order valence-electron chi connectivity index (χ1n) is 7.38. The van der Waals surface area contributed by atoms with Crippen LogP contribution in [0.5, 0.6) is 0 Å². The van der Waals surface area contributed by atoms with Gasteiger partial charge in [-0.25, -0.2) is 0 Å². The third kappa shape index (κ3) is 3.92. The van der Waals surface area contributed by atoms with Gasteiger partial charge in [-0.2, -0.15) is 0 Å². The van der Waals surface area contributed by atoms with Crippen molar-refractivity contribution in [2.75, 3.05) is 0 Å². The molecule has 0 aromatic heterocycles. The Balaban J connectivity index is 2.60. The molecule has 0 saturated heterocycles. The summed E-state index contributed by atoms with van der Waals surface area (Å²) in [6.45, 7) is 13.4. The standard InChI is InChI=1S/C15H30O2Si/c1-7-14(16)12-9-8-10-13(11-12)17-18(5,6)15(2,3)4/h12-13H,7-11H2,1-6H3/t12-,13-/m1/s1. The van der Waals surface area contributed by atoms with Gasteiger partial charge < -0.3 is 4.43 Å². The summed E-state index contributed by atoms with van der Waals surface area (Å²) in [5.74, 6) is 0.692. The van der Waals surface area contributed by atoms with E-state index in [1.54, 1.807) is 0 Å². The first-order chi connectivity index (χ1) is 8.17. The number of carbonyl (C=O) groups excluding carboxylic acids is 1. The van der Waals surface area contributed by atoms with Crippen LogP contribution in [0.1, 0.15) is 59.8 Å². The number of rotatable bonds is 4. The summed E-state index contributed by atoms with van der Waals surface area (Å²) >= 11 is 0. The third-order valence-electron chi connectivity index (χ3n) is 4.70. The number of hydrogen-bond acceptors (Lipinski definition) is 2. The summed E-state index contributed by atoms with van der Waals surface area (Å²) < 4.78 is 6.45. The van der Waals surface area contributed by atoms with Crippen molar-refractivity contribution in [2.45, 2.75) is 84.0 Å².